The molecule has 1 aromatic carbocycles. The topological polar surface area (TPSA) is 42.0 Å². The average Bonchev–Trinajstić information content (AvgIpc) is 2.45. The van der Waals surface area contributed by atoms with Gasteiger partial charge in [0.1, 0.15) is 5.82 Å². The molecule has 5 heteroatoms. The largest absolute Gasteiger partial charge is 0.351 e. The van der Waals surface area contributed by atoms with Gasteiger partial charge in [-0.25, -0.2) is 4.39 Å². The molecular formula is C14H12BrFN2O. The van der Waals surface area contributed by atoms with Gasteiger partial charge in [0.05, 0.1) is 16.6 Å². The fourth-order valence-corrected chi connectivity index (χ4v) is 2.07. The number of aromatic nitrogens is 1. The van der Waals surface area contributed by atoms with Crippen LogP contribution in [-0.4, -0.2) is 17.4 Å². The molecule has 2 rings (SSSR count). The van der Waals surface area contributed by atoms with Gasteiger partial charge < -0.3 is 5.32 Å². The first-order valence-electron chi connectivity index (χ1n) is 5.74. The zero-order valence-corrected chi connectivity index (χ0v) is 11.6. The van der Waals surface area contributed by atoms with Crippen molar-refractivity contribution in [3.05, 3.63) is 65.7 Å². The Kier molecular flexibility index (Phi) is 4.63. The Hall–Kier alpha value is -1.75. The van der Waals surface area contributed by atoms with Gasteiger partial charge in [0, 0.05) is 12.7 Å². The van der Waals surface area contributed by atoms with Crippen molar-refractivity contribution in [2.24, 2.45) is 0 Å². The molecule has 0 aliphatic heterocycles. The highest BCUT2D eigenvalue weighted by Crippen LogP contribution is 2.21. The van der Waals surface area contributed by atoms with E-state index in [-0.39, 0.29) is 16.3 Å². The third-order valence-electron chi connectivity index (χ3n) is 2.57. The Bertz CT molecular complexity index is 562. The summed E-state index contributed by atoms with van der Waals surface area (Å²) in [7, 11) is 0. The number of hydrogen-bond donors (Lipinski definition) is 1. The molecule has 2 aromatic rings. The van der Waals surface area contributed by atoms with Crippen LogP contribution in [0.1, 0.15) is 20.7 Å². The molecule has 1 heterocycles. The Balaban J connectivity index is 1.94. The van der Waals surface area contributed by atoms with Gasteiger partial charge in [-0.2, -0.15) is 0 Å². The normalized spacial score (nSPS) is 11.9. The van der Waals surface area contributed by atoms with Crippen LogP contribution in [0.25, 0.3) is 0 Å². The molecule has 0 saturated heterocycles. The van der Waals surface area contributed by atoms with Crippen molar-refractivity contribution in [3.8, 4) is 0 Å². The summed E-state index contributed by atoms with van der Waals surface area (Å²) in [5.74, 6) is -0.863. The Morgan fingerprint density at radius 1 is 1.32 bits per heavy atom. The average molecular weight is 323 g/mol. The number of halogens is 2. The number of benzene rings is 1. The molecular weight excluding hydrogens is 311 g/mol. The number of nitrogens with zero attached hydrogens (tertiary/aromatic N) is 1. The highest BCUT2D eigenvalue weighted by molar-refractivity contribution is 9.09. The van der Waals surface area contributed by atoms with Crippen LogP contribution in [0.4, 0.5) is 4.39 Å². The van der Waals surface area contributed by atoms with E-state index < -0.39 is 5.82 Å². The third kappa shape index (κ3) is 3.86. The van der Waals surface area contributed by atoms with Gasteiger partial charge in [0.2, 0.25) is 0 Å². The number of carbonyl (C=O) groups excluding carboxylic acids is 1. The number of carbonyl (C=O) groups is 1. The highest BCUT2D eigenvalue weighted by atomic mass is 79.9. The van der Waals surface area contributed by atoms with Crippen LogP contribution < -0.4 is 5.32 Å². The van der Waals surface area contributed by atoms with Crippen LogP contribution in [0.2, 0.25) is 0 Å². The minimum Gasteiger partial charge on any atom is -0.351 e. The molecule has 1 unspecified atom stereocenters. The van der Waals surface area contributed by atoms with Crippen LogP contribution in [0, 0.1) is 5.82 Å². The summed E-state index contributed by atoms with van der Waals surface area (Å²) < 4.78 is 12.9. The van der Waals surface area contributed by atoms with Crippen molar-refractivity contribution in [3.63, 3.8) is 0 Å². The monoisotopic (exact) mass is 322 g/mol. The van der Waals surface area contributed by atoms with E-state index in [1.165, 1.54) is 6.20 Å². The van der Waals surface area contributed by atoms with Gasteiger partial charge in [-0.1, -0.05) is 46.3 Å². The number of pyridine rings is 1. The molecule has 0 fully saturated rings. The number of alkyl halides is 1. The van der Waals surface area contributed by atoms with Gasteiger partial charge in [-0.05, 0) is 11.6 Å². The number of hydrogen-bond acceptors (Lipinski definition) is 2. The molecule has 3 nitrogen and oxygen atoms in total. The Labute approximate surface area is 119 Å². The molecule has 0 radical (unpaired) electrons. The Morgan fingerprint density at radius 2 is 2.05 bits per heavy atom. The molecule has 1 amide bonds. The SMILES string of the molecule is O=C(NCC(Br)c1ccccc1)c1cncc(F)c1. The summed E-state index contributed by atoms with van der Waals surface area (Å²) in [4.78, 5) is 15.5. The molecule has 19 heavy (non-hydrogen) atoms. The zero-order valence-electron chi connectivity index (χ0n) is 10.0. The first-order chi connectivity index (χ1) is 9.16. The van der Waals surface area contributed by atoms with Crippen molar-refractivity contribution in [2.45, 2.75) is 4.83 Å². The minimum absolute atomic E-state index is 0.0131. The lowest BCUT2D eigenvalue weighted by atomic mass is 10.1. The van der Waals surface area contributed by atoms with Crippen molar-refractivity contribution in [1.82, 2.24) is 10.3 Å². The lowest BCUT2D eigenvalue weighted by Crippen LogP contribution is -2.26. The number of rotatable bonds is 4. The van der Waals surface area contributed by atoms with Crippen LogP contribution in [0.15, 0.2) is 48.8 Å². The number of nitrogens with one attached hydrogen (secondary N) is 1. The van der Waals surface area contributed by atoms with Gasteiger partial charge >= 0.3 is 0 Å². The van der Waals surface area contributed by atoms with E-state index in [0.29, 0.717) is 6.54 Å². The summed E-state index contributed by atoms with van der Waals surface area (Å²) >= 11 is 3.50. The van der Waals surface area contributed by atoms with Gasteiger partial charge in [0.25, 0.3) is 5.91 Å². The van der Waals surface area contributed by atoms with E-state index in [9.17, 15) is 9.18 Å². The van der Waals surface area contributed by atoms with Crippen LogP contribution in [0.3, 0.4) is 0 Å². The van der Waals surface area contributed by atoms with Crippen molar-refractivity contribution >= 4 is 21.8 Å². The van der Waals surface area contributed by atoms with Gasteiger partial charge in [-0.15, -0.1) is 0 Å². The second-order valence-corrected chi connectivity index (χ2v) is 5.09. The summed E-state index contributed by atoms with van der Waals surface area (Å²) in [5, 5.41) is 2.73. The van der Waals surface area contributed by atoms with Crippen LogP contribution in [0.5, 0.6) is 0 Å². The highest BCUT2D eigenvalue weighted by Gasteiger charge is 2.11. The summed E-state index contributed by atoms with van der Waals surface area (Å²) in [6, 6.07) is 10.9. The second-order valence-electron chi connectivity index (χ2n) is 3.98. The lowest BCUT2D eigenvalue weighted by Gasteiger charge is -2.11. The second kappa shape index (κ2) is 6.43. The molecule has 1 aromatic heterocycles. The van der Waals surface area contributed by atoms with E-state index in [4.69, 9.17) is 0 Å². The molecule has 0 spiro atoms. The van der Waals surface area contributed by atoms with E-state index in [2.05, 4.69) is 26.2 Å². The maximum atomic E-state index is 12.9. The van der Waals surface area contributed by atoms with Crippen molar-refractivity contribution in [2.75, 3.05) is 6.54 Å². The third-order valence-corrected chi connectivity index (χ3v) is 3.42. The first-order valence-corrected chi connectivity index (χ1v) is 6.66. The fraction of sp³-hybridized carbons (Fsp3) is 0.143. The maximum absolute atomic E-state index is 12.9. The van der Waals surface area contributed by atoms with E-state index in [1.807, 2.05) is 30.3 Å². The summed E-state index contributed by atoms with van der Waals surface area (Å²) in [6.07, 6.45) is 2.40. The molecule has 1 atom stereocenters. The van der Waals surface area contributed by atoms with Crippen molar-refractivity contribution < 1.29 is 9.18 Å². The predicted octanol–water partition coefficient (Wildman–Crippen LogP) is 3.09. The fourth-order valence-electron chi connectivity index (χ4n) is 1.60. The van der Waals surface area contributed by atoms with Gasteiger partial charge in [-0.3, -0.25) is 9.78 Å². The maximum Gasteiger partial charge on any atom is 0.253 e. The molecule has 98 valence electrons. The Morgan fingerprint density at radius 3 is 2.74 bits per heavy atom. The van der Waals surface area contributed by atoms with E-state index >= 15 is 0 Å². The molecule has 0 aliphatic carbocycles. The van der Waals surface area contributed by atoms with Gasteiger partial charge in [0.15, 0.2) is 0 Å². The predicted molar refractivity (Wildman–Crippen MR) is 74.6 cm³/mol. The minimum atomic E-state index is -0.522. The summed E-state index contributed by atoms with van der Waals surface area (Å²) in [5.41, 5.74) is 1.29. The van der Waals surface area contributed by atoms with Crippen molar-refractivity contribution in [1.29, 1.82) is 0 Å². The zero-order chi connectivity index (χ0) is 13.7. The number of amides is 1. The molecule has 0 aliphatic rings. The standard InChI is InChI=1S/C14H12BrFN2O/c15-13(10-4-2-1-3-5-10)9-18-14(19)11-6-12(16)8-17-7-11/h1-8,13H,9H2,(H,18,19). The van der Waals surface area contributed by atoms with E-state index in [0.717, 1.165) is 17.8 Å². The molecule has 1 N–H and O–H groups in total. The van der Waals surface area contributed by atoms with Crippen LogP contribution >= 0.6 is 15.9 Å². The lowest BCUT2D eigenvalue weighted by molar-refractivity contribution is 0.0953. The molecule has 0 saturated carbocycles. The van der Waals surface area contributed by atoms with E-state index in [1.54, 1.807) is 0 Å². The summed E-state index contributed by atoms with van der Waals surface area (Å²) in [6.45, 7) is 0.416. The smallest absolute Gasteiger partial charge is 0.253 e. The quantitative estimate of drug-likeness (QED) is 0.879. The molecule has 0 bridgehead atoms. The first kappa shape index (κ1) is 13.7. The van der Waals surface area contributed by atoms with Crippen LogP contribution in [-0.2, 0) is 0 Å².